The maximum Gasteiger partial charge on any atom is 0.164 e. The van der Waals surface area contributed by atoms with Gasteiger partial charge in [-0.05, 0) is 84.9 Å². The van der Waals surface area contributed by atoms with Crippen LogP contribution in [0.25, 0.3) is 129 Å². The quantitative estimate of drug-likeness (QED) is 0.173. The molecule has 0 radical (unpaired) electrons. The molecule has 0 aliphatic carbocycles. The van der Waals surface area contributed by atoms with Crippen molar-refractivity contribution in [3.05, 3.63) is 200 Å². The molecule has 5 heterocycles. The second-order valence-corrected chi connectivity index (χ2v) is 18.6. The lowest BCUT2D eigenvalue weighted by Gasteiger charge is -2.11. The number of hydrogen-bond acceptors (Lipinski definition) is 5. The zero-order chi connectivity index (χ0) is 41.9. The van der Waals surface area contributed by atoms with Crippen LogP contribution in [0, 0.1) is 0 Å². The van der Waals surface area contributed by atoms with E-state index in [1.807, 2.05) is 0 Å². The van der Waals surface area contributed by atoms with Crippen molar-refractivity contribution in [2.75, 3.05) is 0 Å². The van der Waals surface area contributed by atoms with E-state index < -0.39 is 0 Å². The minimum absolute atomic E-state index is 0.636. The van der Waals surface area contributed by atoms with E-state index in [9.17, 15) is 0 Å². The average molecular weight is 852 g/mol. The Kier molecular flexibility index (Phi) is 7.66. The van der Waals surface area contributed by atoms with Crippen molar-refractivity contribution in [2.45, 2.75) is 0 Å². The first-order valence-electron chi connectivity index (χ1n) is 21.4. The molecule has 298 valence electrons. The van der Waals surface area contributed by atoms with Crippen LogP contribution in [0.2, 0.25) is 0 Å². The lowest BCUT2D eigenvalue weighted by atomic mass is 10.1. The van der Waals surface area contributed by atoms with Crippen LogP contribution in [-0.2, 0) is 0 Å². The van der Waals surface area contributed by atoms with Crippen molar-refractivity contribution < 1.29 is 0 Å². The largest absolute Gasteiger partial charge is 0.309 e. The van der Waals surface area contributed by atoms with Crippen LogP contribution in [0.1, 0.15) is 0 Å². The Morgan fingerprint density at radius 3 is 1.17 bits per heavy atom. The van der Waals surface area contributed by atoms with Crippen molar-refractivity contribution in [1.29, 1.82) is 0 Å². The van der Waals surface area contributed by atoms with Crippen LogP contribution in [-0.4, -0.2) is 24.1 Å². The second kappa shape index (κ2) is 13.8. The number of hydrogen-bond donors (Lipinski definition) is 0. The van der Waals surface area contributed by atoms with Crippen molar-refractivity contribution in [3.8, 4) is 45.5 Å². The van der Waals surface area contributed by atoms with Gasteiger partial charge in [0.25, 0.3) is 0 Å². The Morgan fingerprint density at radius 2 is 0.656 bits per heavy atom. The van der Waals surface area contributed by atoms with Crippen LogP contribution in [0.15, 0.2) is 200 Å². The predicted octanol–water partition coefficient (Wildman–Crippen LogP) is 15.8. The zero-order valence-electron chi connectivity index (χ0n) is 34.1. The Labute approximate surface area is 374 Å². The summed E-state index contributed by atoms with van der Waals surface area (Å²) in [6, 6.07) is 72.0. The van der Waals surface area contributed by atoms with E-state index in [1.54, 1.807) is 22.7 Å². The van der Waals surface area contributed by atoms with E-state index in [4.69, 9.17) is 15.0 Å². The van der Waals surface area contributed by atoms with E-state index in [1.165, 1.54) is 72.9 Å². The lowest BCUT2D eigenvalue weighted by Crippen LogP contribution is -2.00. The van der Waals surface area contributed by atoms with E-state index in [2.05, 4.69) is 209 Å². The number of benzene rings is 9. The fourth-order valence-electron chi connectivity index (χ4n) is 9.82. The van der Waals surface area contributed by atoms with Gasteiger partial charge in [-0.3, -0.25) is 0 Å². The average Bonchev–Trinajstić information content (AvgIpc) is 4.10. The van der Waals surface area contributed by atoms with Gasteiger partial charge in [0.15, 0.2) is 17.5 Å². The van der Waals surface area contributed by atoms with Crippen molar-refractivity contribution in [2.24, 2.45) is 0 Å². The third kappa shape index (κ3) is 5.38. The van der Waals surface area contributed by atoms with Gasteiger partial charge in [0.2, 0.25) is 0 Å². The molecule has 0 saturated heterocycles. The molecular weight excluding hydrogens is 819 g/mol. The van der Waals surface area contributed by atoms with Crippen molar-refractivity contribution >= 4 is 107 Å². The van der Waals surface area contributed by atoms with Crippen LogP contribution in [0.4, 0.5) is 0 Å². The maximum absolute atomic E-state index is 5.22. The third-order valence-electron chi connectivity index (χ3n) is 12.8. The number of thiophene rings is 2. The molecule has 0 aliphatic heterocycles. The number of aromatic nitrogens is 5. The molecule has 0 saturated carbocycles. The zero-order valence-corrected chi connectivity index (χ0v) is 35.7. The minimum atomic E-state index is 0.636. The topological polar surface area (TPSA) is 48.5 Å². The number of rotatable bonds is 5. The SMILES string of the molecule is c1ccc(-n2c3ccccc3c3cc4c(cc32)c2ccccc2n4-c2ccc(-c3nc(-c4ccc5c(c4)sc4ccccc45)nc(-c4ccc5c(c4)sc4ccccc45)n3)cc2)cc1. The molecule has 64 heavy (non-hydrogen) atoms. The van der Waals surface area contributed by atoms with Crippen LogP contribution in [0.5, 0.6) is 0 Å². The molecule has 0 N–H and O–H groups in total. The summed E-state index contributed by atoms with van der Waals surface area (Å²) in [5, 5.41) is 9.92. The van der Waals surface area contributed by atoms with Gasteiger partial charge in [-0.2, -0.15) is 0 Å². The first kappa shape index (κ1) is 35.6. The highest BCUT2D eigenvalue weighted by atomic mass is 32.1. The summed E-state index contributed by atoms with van der Waals surface area (Å²) in [6.45, 7) is 0. The molecule has 0 fully saturated rings. The highest BCUT2D eigenvalue weighted by Crippen LogP contribution is 2.41. The molecule has 5 aromatic heterocycles. The molecule has 7 heteroatoms. The fraction of sp³-hybridized carbons (Fsp3) is 0. The van der Waals surface area contributed by atoms with Crippen molar-refractivity contribution in [1.82, 2.24) is 24.1 Å². The summed E-state index contributed by atoms with van der Waals surface area (Å²) in [4.78, 5) is 15.6. The molecule has 0 aliphatic rings. The van der Waals surface area contributed by atoms with E-state index in [0.29, 0.717) is 17.5 Å². The van der Waals surface area contributed by atoms with Crippen LogP contribution in [0.3, 0.4) is 0 Å². The molecule has 14 rings (SSSR count). The van der Waals surface area contributed by atoms with Crippen LogP contribution < -0.4 is 0 Å². The Balaban J connectivity index is 0.934. The Bertz CT molecular complexity index is 4060. The van der Waals surface area contributed by atoms with E-state index in [0.717, 1.165) is 39.1 Å². The van der Waals surface area contributed by atoms with Gasteiger partial charge in [0.05, 0.1) is 22.1 Å². The standard InChI is InChI=1S/C57H33N5S2/c1-2-12-37(13-3-1)61-47-18-8-4-14-39(47)45-33-50-46(32-49(45)61)40-15-5-9-19-48(40)62(50)38-26-22-34(23-27-38)55-58-56(35-24-28-43-41-16-6-10-20-51(41)63-53(43)30-35)60-57(59-55)36-25-29-44-42-17-7-11-21-52(42)64-54(44)31-36/h1-33H. The summed E-state index contributed by atoms with van der Waals surface area (Å²) in [7, 11) is 0. The first-order chi connectivity index (χ1) is 31.7. The molecule has 5 nitrogen and oxygen atoms in total. The highest BCUT2D eigenvalue weighted by molar-refractivity contribution is 7.26. The molecule has 0 atom stereocenters. The fourth-order valence-corrected chi connectivity index (χ4v) is 12.1. The molecule has 0 amide bonds. The van der Waals surface area contributed by atoms with Crippen molar-refractivity contribution in [3.63, 3.8) is 0 Å². The molecule has 14 aromatic rings. The number of fused-ring (bicyclic) bond motifs is 12. The summed E-state index contributed by atoms with van der Waals surface area (Å²) < 4.78 is 9.76. The normalized spacial score (nSPS) is 12.1. The highest BCUT2D eigenvalue weighted by Gasteiger charge is 2.20. The van der Waals surface area contributed by atoms with Gasteiger partial charge in [0, 0.05) is 90.0 Å². The molecule has 9 aromatic carbocycles. The Hall–Kier alpha value is -7.97. The van der Waals surface area contributed by atoms with Gasteiger partial charge < -0.3 is 9.13 Å². The molecular formula is C57H33N5S2. The van der Waals surface area contributed by atoms with E-state index >= 15 is 0 Å². The maximum atomic E-state index is 5.22. The van der Waals surface area contributed by atoms with Crippen LogP contribution >= 0.6 is 22.7 Å². The molecule has 0 unspecified atom stereocenters. The smallest absolute Gasteiger partial charge is 0.164 e. The van der Waals surface area contributed by atoms with Gasteiger partial charge in [-0.25, -0.2) is 15.0 Å². The Morgan fingerprint density at radius 1 is 0.266 bits per heavy atom. The minimum Gasteiger partial charge on any atom is -0.309 e. The molecule has 0 bridgehead atoms. The molecule has 0 spiro atoms. The van der Waals surface area contributed by atoms with Gasteiger partial charge in [-0.1, -0.05) is 115 Å². The lowest BCUT2D eigenvalue weighted by molar-refractivity contribution is 1.07. The predicted molar refractivity (Wildman–Crippen MR) is 271 cm³/mol. The monoisotopic (exact) mass is 851 g/mol. The summed E-state index contributed by atoms with van der Waals surface area (Å²) in [5.41, 5.74) is 9.79. The van der Waals surface area contributed by atoms with E-state index in [-0.39, 0.29) is 0 Å². The second-order valence-electron chi connectivity index (χ2n) is 16.4. The number of para-hydroxylation sites is 3. The van der Waals surface area contributed by atoms with Gasteiger partial charge >= 0.3 is 0 Å². The first-order valence-corrected chi connectivity index (χ1v) is 23.1. The summed E-state index contributed by atoms with van der Waals surface area (Å²) in [5.74, 6) is 1.94. The third-order valence-corrected chi connectivity index (χ3v) is 15.0. The van der Waals surface area contributed by atoms with Gasteiger partial charge in [-0.15, -0.1) is 22.7 Å². The summed E-state index contributed by atoms with van der Waals surface area (Å²) in [6.07, 6.45) is 0. The van der Waals surface area contributed by atoms with Gasteiger partial charge in [0.1, 0.15) is 0 Å². The number of nitrogens with zero attached hydrogens (tertiary/aromatic N) is 5. The summed E-state index contributed by atoms with van der Waals surface area (Å²) >= 11 is 3.61.